The molecule has 3 rings (SSSR count). The number of pyridine rings is 1. The molecule has 1 saturated heterocycles. The monoisotopic (exact) mass is 416 g/mol. The third kappa shape index (κ3) is 6.23. The van der Waals surface area contributed by atoms with Gasteiger partial charge in [-0.3, -0.25) is 4.98 Å². The van der Waals surface area contributed by atoms with Gasteiger partial charge >= 0.3 is 6.03 Å². The zero-order valence-electron chi connectivity index (χ0n) is 14.9. The molecule has 27 heavy (non-hydrogen) atoms. The molecule has 2 aromatic rings. The standard InChI is InChI=1S/C18H21FN4O2.2ClH/c1-13-4-5-17(16(19)9-13)22-18(24)23-8-7-21-10-14(23)12-25-15-3-2-6-20-11-15;;/h2-6,9,11,14,21H,7-8,10,12H2,1H3,(H,22,24);2*1H. The summed E-state index contributed by atoms with van der Waals surface area (Å²) in [5, 5.41) is 5.90. The van der Waals surface area contributed by atoms with Gasteiger partial charge in [0.05, 0.1) is 17.9 Å². The van der Waals surface area contributed by atoms with Crippen LogP contribution < -0.4 is 15.4 Å². The lowest BCUT2D eigenvalue weighted by Crippen LogP contribution is -2.57. The molecular weight excluding hydrogens is 394 g/mol. The molecule has 2 N–H and O–H groups in total. The van der Waals surface area contributed by atoms with Crippen LogP contribution in [-0.2, 0) is 0 Å². The Bertz CT molecular complexity index is 737. The number of urea groups is 1. The largest absolute Gasteiger partial charge is 0.490 e. The van der Waals surface area contributed by atoms with Crippen LogP contribution in [0.15, 0.2) is 42.7 Å². The number of nitrogens with one attached hydrogen (secondary N) is 2. The fraction of sp³-hybridized carbons (Fsp3) is 0.333. The summed E-state index contributed by atoms with van der Waals surface area (Å²) in [6.07, 6.45) is 3.30. The Kier molecular flexibility index (Phi) is 9.28. The molecule has 0 spiro atoms. The summed E-state index contributed by atoms with van der Waals surface area (Å²) in [5.74, 6) is 0.213. The molecule has 1 atom stereocenters. The molecule has 9 heteroatoms. The Morgan fingerprint density at radius 1 is 1.41 bits per heavy atom. The second-order valence-corrected chi connectivity index (χ2v) is 5.96. The van der Waals surface area contributed by atoms with Crippen LogP contribution in [0, 0.1) is 12.7 Å². The van der Waals surface area contributed by atoms with E-state index in [9.17, 15) is 9.18 Å². The predicted octanol–water partition coefficient (Wildman–Crippen LogP) is 3.26. The van der Waals surface area contributed by atoms with Gasteiger partial charge in [0.25, 0.3) is 0 Å². The summed E-state index contributed by atoms with van der Waals surface area (Å²) >= 11 is 0. The van der Waals surface area contributed by atoms with Crippen molar-refractivity contribution in [1.29, 1.82) is 0 Å². The van der Waals surface area contributed by atoms with Gasteiger partial charge in [-0.1, -0.05) is 6.07 Å². The maximum Gasteiger partial charge on any atom is 0.322 e. The zero-order valence-corrected chi connectivity index (χ0v) is 16.5. The van der Waals surface area contributed by atoms with Crippen molar-refractivity contribution in [3.05, 3.63) is 54.1 Å². The number of nitrogens with zero attached hydrogens (tertiary/aromatic N) is 2. The first-order chi connectivity index (χ1) is 12.1. The number of rotatable bonds is 4. The van der Waals surface area contributed by atoms with Crippen LogP contribution in [-0.4, -0.2) is 48.2 Å². The average molecular weight is 417 g/mol. The molecular formula is C18H23Cl2FN4O2. The van der Waals surface area contributed by atoms with Crippen LogP contribution in [0.3, 0.4) is 0 Å². The Morgan fingerprint density at radius 2 is 2.22 bits per heavy atom. The fourth-order valence-corrected chi connectivity index (χ4v) is 2.71. The summed E-state index contributed by atoms with van der Waals surface area (Å²) in [5.41, 5.74) is 0.987. The van der Waals surface area contributed by atoms with Gasteiger partial charge in [-0.05, 0) is 36.8 Å². The summed E-state index contributed by atoms with van der Waals surface area (Å²) < 4.78 is 19.7. The number of aryl methyl sites for hydroxylation is 1. The highest BCUT2D eigenvalue weighted by Crippen LogP contribution is 2.17. The van der Waals surface area contributed by atoms with Crippen molar-refractivity contribution in [1.82, 2.24) is 15.2 Å². The van der Waals surface area contributed by atoms with Crippen LogP contribution in [0.2, 0.25) is 0 Å². The van der Waals surface area contributed by atoms with Crippen molar-refractivity contribution in [3.8, 4) is 5.75 Å². The molecule has 0 aliphatic carbocycles. The van der Waals surface area contributed by atoms with Gasteiger partial charge in [-0.15, -0.1) is 24.8 Å². The smallest absolute Gasteiger partial charge is 0.322 e. The van der Waals surface area contributed by atoms with Gasteiger partial charge in [-0.25, -0.2) is 9.18 Å². The minimum absolute atomic E-state index is 0. The first-order valence-electron chi connectivity index (χ1n) is 8.21. The quantitative estimate of drug-likeness (QED) is 0.802. The lowest BCUT2D eigenvalue weighted by molar-refractivity contribution is 0.132. The van der Waals surface area contributed by atoms with Crippen molar-refractivity contribution in [2.75, 3.05) is 31.6 Å². The first kappa shape index (κ1) is 23.0. The number of carbonyl (C=O) groups is 1. The number of hydrogen-bond donors (Lipinski definition) is 2. The van der Waals surface area contributed by atoms with Crippen LogP contribution in [0.5, 0.6) is 5.75 Å². The average Bonchev–Trinajstić information content (AvgIpc) is 2.63. The summed E-state index contributed by atoms with van der Waals surface area (Å²) in [6, 6.07) is 7.86. The molecule has 2 amide bonds. The molecule has 0 bridgehead atoms. The number of amides is 2. The number of carbonyl (C=O) groups excluding carboxylic acids is 1. The molecule has 0 radical (unpaired) electrons. The number of benzene rings is 1. The van der Waals surface area contributed by atoms with Crippen molar-refractivity contribution in [2.45, 2.75) is 13.0 Å². The van der Waals surface area contributed by atoms with E-state index in [-0.39, 0.29) is 42.6 Å². The third-order valence-corrected chi connectivity index (χ3v) is 4.05. The molecule has 6 nitrogen and oxygen atoms in total. The minimum Gasteiger partial charge on any atom is -0.490 e. The van der Waals surface area contributed by atoms with Gasteiger partial charge in [0.15, 0.2) is 0 Å². The molecule has 1 fully saturated rings. The Morgan fingerprint density at radius 3 is 2.93 bits per heavy atom. The summed E-state index contributed by atoms with van der Waals surface area (Å²) in [6.45, 7) is 3.97. The number of aromatic nitrogens is 1. The zero-order chi connectivity index (χ0) is 17.6. The molecule has 1 unspecified atom stereocenters. The second-order valence-electron chi connectivity index (χ2n) is 5.96. The van der Waals surface area contributed by atoms with E-state index in [1.54, 1.807) is 42.4 Å². The lowest BCUT2D eigenvalue weighted by Gasteiger charge is -2.35. The van der Waals surface area contributed by atoms with Crippen molar-refractivity contribution >= 4 is 36.5 Å². The van der Waals surface area contributed by atoms with E-state index in [1.807, 2.05) is 6.07 Å². The van der Waals surface area contributed by atoms with Gasteiger partial charge in [-0.2, -0.15) is 0 Å². The fourth-order valence-electron chi connectivity index (χ4n) is 2.71. The molecule has 1 aromatic carbocycles. The normalized spacial score (nSPS) is 15.9. The van der Waals surface area contributed by atoms with Gasteiger partial charge < -0.3 is 20.3 Å². The molecule has 148 valence electrons. The van der Waals surface area contributed by atoms with Gasteiger partial charge in [0.1, 0.15) is 18.2 Å². The van der Waals surface area contributed by atoms with E-state index in [0.717, 1.165) is 5.56 Å². The first-order valence-corrected chi connectivity index (χ1v) is 8.21. The van der Waals surface area contributed by atoms with Crippen LogP contribution in [0.25, 0.3) is 0 Å². The number of hydrogen-bond acceptors (Lipinski definition) is 4. The lowest BCUT2D eigenvalue weighted by atomic mass is 10.2. The topological polar surface area (TPSA) is 66.5 Å². The molecule has 1 aliphatic rings. The van der Waals surface area contributed by atoms with Crippen molar-refractivity contribution in [2.24, 2.45) is 0 Å². The van der Waals surface area contributed by atoms with E-state index in [2.05, 4.69) is 15.6 Å². The predicted molar refractivity (Wildman–Crippen MR) is 108 cm³/mol. The molecule has 2 heterocycles. The number of piperazine rings is 1. The molecule has 0 saturated carbocycles. The minimum atomic E-state index is -0.438. The van der Waals surface area contributed by atoms with E-state index in [0.29, 0.717) is 32.0 Å². The van der Waals surface area contributed by atoms with Gasteiger partial charge in [0, 0.05) is 25.8 Å². The number of halogens is 3. The summed E-state index contributed by atoms with van der Waals surface area (Å²) in [4.78, 5) is 18.3. The SMILES string of the molecule is Cc1ccc(NC(=O)N2CCNCC2COc2cccnc2)c(F)c1.Cl.Cl. The maximum atomic E-state index is 14.0. The third-order valence-electron chi connectivity index (χ3n) is 4.05. The van der Waals surface area contributed by atoms with Crippen LogP contribution >= 0.6 is 24.8 Å². The Labute approximate surface area is 170 Å². The van der Waals surface area contributed by atoms with Crippen molar-refractivity contribution < 1.29 is 13.9 Å². The molecule has 1 aliphatic heterocycles. The number of ether oxygens (including phenoxy) is 1. The highest BCUT2D eigenvalue weighted by molar-refractivity contribution is 5.89. The maximum absolute atomic E-state index is 14.0. The highest BCUT2D eigenvalue weighted by Gasteiger charge is 2.27. The van der Waals surface area contributed by atoms with E-state index in [4.69, 9.17) is 4.74 Å². The second kappa shape index (κ2) is 10.9. The van der Waals surface area contributed by atoms with Crippen LogP contribution in [0.1, 0.15) is 5.56 Å². The highest BCUT2D eigenvalue weighted by atomic mass is 35.5. The van der Waals surface area contributed by atoms with E-state index < -0.39 is 5.82 Å². The van der Waals surface area contributed by atoms with Crippen molar-refractivity contribution in [3.63, 3.8) is 0 Å². The Balaban J connectivity index is 0.00000182. The van der Waals surface area contributed by atoms with E-state index >= 15 is 0 Å². The van der Waals surface area contributed by atoms with E-state index in [1.165, 1.54) is 6.07 Å². The molecule has 1 aromatic heterocycles. The van der Waals surface area contributed by atoms with Crippen LogP contribution in [0.4, 0.5) is 14.9 Å². The number of anilines is 1. The Hall–Kier alpha value is -2.09. The summed E-state index contributed by atoms with van der Waals surface area (Å²) in [7, 11) is 0. The van der Waals surface area contributed by atoms with Gasteiger partial charge in [0.2, 0.25) is 0 Å².